The average Bonchev–Trinajstić information content (AvgIpc) is 3.36. The molecule has 32 heavy (non-hydrogen) atoms. The zero-order valence-electron chi connectivity index (χ0n) is 17.6. The minimum atomic E-state index is -0.875. The molecular formula is C21H22BrCl2N5O3. The van der Waals surface area contributed by atoms with Crippen molar-refractivity contribution in [2.24, 2.45) is 5.41 Å². The highest BCUT2D eigenvalue weighted by molar-refractivity contribution is 9.10. The highest BCUT2D eigenvalue weighted by atomic mass is 79.9. The van der Waals surface area contributed by atoms with E-state index < -0.39 is 5.97 Å². The highest BCUT2D eigenvalue weighted by Gasteiger charge is 2.38. The second kappa shape index (κ2) is 9.13. The minimum absolute atomic E-state index is 0.0240. The number of ether oxygens (including phenoxy) is 1. The van der Waals surface area contributed by atoms with Gasteiger partial charge < -0.3 is 14.7 Å². The van der Waals surface area contributed by atoms with Crippen LogP contribution in [0.2, 0.25) is 10.0 Å². The van der Waals surface area contributed by atoms with Gasteiger partial charge in [-0.1, -0.05) is 37.0 Å². The summed E-state index contributed by atoms with van der Waals surface area (Å²) in [6.07, 6.45) is 3.95. The van der Waals surface area contributed by atoms with Crippen molar-refractivity contribution < 1.29 is 14.6 Å². The lowest BCUT2D eigenvalue weighted by Crippen LogP contribution is -2.34. The Hall–Kier alpha value is -1.94. The van der Waals surface area contributed by atoms with Gasteiger partial charge in [-0.25, -0.2) is 14.6 Å². The molecule has 3 heterocycles. The molecule has 1 aromatic carbocycles. The Bertz CT molecular complexity index is 1160. The lowest BCUT2D eigenvalue weighted by molar-refractivity contribution is -0.138. The van der Waals surface area contributed by atoms with Gasteiger partial charge in [-0.3, -0.25) is 4.79 Å². The molecule has 4 rings (SSSR count). The second-order valence-corrected chi connectivity index (χ2v) is 10.2. The molecule has 1 aliphatic rings. The smallest absolute Gasteiger partial charge is 0.305 e. The molecule has 1 fully saturated rings. The number of aromatic nitrogens is 4. The largest absolute Gasteiger partial charge is 0.481 e. The normalized spacial score (nSPS) is 17.9. The summed E-state index contributed by atoms with van der Waals surface area (Å²) >= 11 is 16.5. The molecule has 11 heteroatoms. The lowest BCUT2D eigenvalue weighted by atomic mass is 9.91. The van der Waals surface area contributed by atoms with Crippen LogP contribution in [0.1, 0.15) is 26.7 Å². The summed E-state index contributed by atoms with van der Waals surface area (Å²) in [5.74, 6) is -0.152. The summed E-state index contributed by atoms with van der Waals surface area (Å²) in [6.45, 7) is 5.72. The fraction of sp³-hybridized carbons (Fsp3) is 0.429. The highest BCUT2D eigenvalue weighted by Crippen LogP contribution is 2.42. The maximum atomic E-state index is 10.8. The number of carboxylic acid groups (broad SMARTS) is 1. The van der Waals surface area contributed by atoms with Crippen LogP contribution in [-0.2, 0) is 9.53 Å². The van der Waals surface area contributed by atoms with Crippen molar-refractivity contribution in [3.63, 3.8) is 0 Å². The minimum Gasteiger partial charge on any atom is -0.481 e. The van der Waals surface area contributed by atoms with E-state index in [-0.39, 0.29) is 24.5 Å². The molecule has 1 aliphatic heterocycles. The first kappa shape index (κ1) is 23.2. The van der Waals surface area contributed by atoms with Crippen molar-refractivity contribution in [2.75, 3.05) is 24.7 Å². The van der Waals surface area contributed by atoms with Crippen LogP contribution in [0.4, 0.5) is 5.82 Å². The van der Waals surface area contributed by atoms with Gasteiger partial charge in [-0.15, -0.1) is 0 Å². The van der Waals surface area contributed by atoms with Crippen molar-refractivity contribution in [1.82, 2.24) is 19.7 Å². The van der Waals surface area contributed by atoms with E-state index >= 15 is 0 Å². The number of halogens is 3. The molecule has 2 aromatic heterocycles. The predicted octanol–water partition coefficient (Wildman–Crippen LogP) is 4.98. The van der Waals surface area contributed by atoms with Crippen molar-refractivity contribution in [1.29, 1.82) is 0 Å². The molecule has 0 saturated carbocycles. The number of pyridine rings is 1. The number of carboxylic acids is 1. The van der Waals surface area contributed by atoms with Gasteiger partial charge in [0.25, 0.3) is 0 Å². The van der Waals surface area contributed by atoms with E-state index in [1.165, 1.54) is 6.33 Å². The third-order valence-electron chi connectivity index (χ3n) is 5.46. The van der Waals surface area contributed by atoms with Crippen LogP contribution < -0.4 is 4.90 Å². The maximum absolute atomic E-state index is 10.8. The fourth-order valence-corrected chi connectivity index (χ4v) is 5.04. The molecule has 0 spiro atoms. The predicted molar refractivity (Wildman–Crippen MR) is 127 cm³/mol. The van der Waals surface area contributed by atoms with Crippen LogP contribution in [0.25, 0.3) is 16.6 Å². The second-order valence-electron chi connectivity index (χ2n) is 8.59. The first-order chi connectivity index (χ1) is 15.2. The molecule has 0 bridgehead atoms. The van der Waals surface area contributed by atoms with Crippen LogP contribution in [-0.4, -0.2) is 56.6 Å². The molecule has 8 nitrogen and oxygen atoms in total. The van der Waals surface area contributed by atoms with Crippen molar-refractivity contribution in [3.05, 3.63) is 39.3 Å². The molecule has 1 atom stereocenters. The third-order valence-corrected chi connectivity index (χ3v) is 7.17. The van der Waals surface area contributed by atoms with Crippen molar-refractivity contribution >= 4 is 61.8 Å². The van der Waals surface area contributed by atoms with Gasteiger partial charge in [-0.05, 0) is 33.8 Å². The van der Waals surface area contributed by atoms with E-state index in [0.29, 0.717) is 26.6 Å². The van der Waals surface area contributed by atoms with Gasteiger partial charge in [0.15, 0.2) is 0 Å². The van der Waals surface area contributed by atoms with Crippen molar-refractivity contribution in [3.8, 4) is 5.69 Å². The molecule has 3 aromatic rings. The zero-order chi connectivity index (χ0) is 23.0. The number of aliphatic carboxylic acids is 1. The molecule has 1 saturated heterocycles. The average molecular weight is 543 g/mol. The summed E-state index contributed by atoms with van der Waals surface area (Å²) in [5, 5.41) is 14.7. The van der Waals surface area contributed by atoms with Crippen LogP contribution in [0.15, 0.2) is 29.3 Å². The maximum Gasteiger partial charge on any atom is 0.305 e. The van der Waals surface area contributed by atoms with Crippen LogP contribution in [0.5, 0.6) is 0 Å². The SMILES string of the molecule is CC1(C)C[C@@H](COCCC(=O)O)N(c2cc(-n3cncn3)c3cc(Br)c(Cl)c(Cl)c3n2)C1. The molecule has 0 radical (unpaired) electrons. The summed E-state index contributed by atoms with van der Waals surface area (Å²) in [4.78, 5) is 21.9. The van der Waals surface area contributed by atoms with E-state index in [9.17, 15) is 4.79 Å². The quantitative estimate of drug-likeness (QED) is 0.332. The topological polar surface area (TPSA) is 93.4 Å². The number of hydrogen-bond donors (Lipinski definition) is 1. The Morgan fingerprint density at radius 2 is 2.12 bits per heavy atom. The Kier molecular flexibility index (Phi) is 6.63. The first-order valence-corrected chi connectivity index (χ1v) is 11.6. The summed E-state index contributed by atoms with van der Waals surface area (Å²) in [6, 6.07) is 3.87. The number of benzene rings is 1. The Labute approximate surface area is 203 Å². The molecule has 0 unspecified atom stereocenters. The Morgan fingerprint density at radius 1 is 1.34 bits per heavy atom. The molecule has 1 N–H and O–H groups in total. The van der Waals surface area contributed by atoms with Gasteiger partial charge in [0.1, 0.15) is 18.5 Å². The number of hydrogen-bond acceptors (Lipinski definition) is 6. The van der Waals surface area contributed by atoms with Crippen LogP contribution in [0, 0.1) is 5.41 Å². The van der Waals surface area contributed by atoms with E-state index in [2.05, 4.69) is 44.8 Å². The number of rotatable bonds is 7. The molecule has 0 amide bonds. The number of nitrogens with zero attached hydrogens (tertiary/aromatic N) is 5. The van der Waals surface area contributed by atoms with Crippen molar-refractivity contribution in [2.45, 2.75) is 32.7 Å². The standard InChI is InChI=1S/C21H22BrCl2N5O3/c1-21(2)7-12(8-32-4-3-17(30)31)28(9-21)16-6-15(29-11-25-10-26-29)13-5-14(22)18(23)19(24)20(13)27-16/h5-6,10-12H,3-4,7-9H2,1-2H3,(H,30,31)/t12-/m0/s1. The van der Waals surface area contributed by atoms with Gasteiger partial charge in [-0.2, -0.15) is 5.10 Å². The fourth-order valence-electron chi connectivity index (χ4n) is 4.10. The van der Waals surface area contributed by atoms with Crippen LogP contribution in [0.3, 0.4) is 0 Å². The van der Waals surface area contributed by atoms with E-state index in [1.54, 1.807) is 11.0 Å². The van der Waals surface area contributed by atoms with Gasteiger partial charge >= 0.3 is 5.97 Å². The Balaban J connectivity index is 1.77. The molecular weight excluding hydrogens is 521 g/mol. The van der Waals surface area contributed by atoms with Gasteiger partial charge in [0, 0.05) is 22.5 Å². The number of fused-ring (bicyclic) bond motifs is 1. The summed E-state index contributed by atoms with van der Waals surface area (Å²) < 4.78 is 8.03. The van der Waals surface area contributed by atoms with E-state index in [4.69, 9.17) is 38.0 Å². The van der Waals surface area contributed by atoms with Crippen LogP contribution >= 0.6 is 39.1 Å². The van der Waals surface area contributed by atoms with Gasteiger partial charge in [0.05, 0.1) is 46.9 Å². The number of anilines is 1. The summed E-state index contributed by atoms with van der Waals surface area (Å²) in [5.41, 5.74) is 1.38. The molecule has 0 aliphatic carbocycles. The zero-order valence-corrected chi connectivity index (χ0v) is 20.7. The molecule has 170 valence electrons. The first-order valence-electron chi connectivity index (χ1n) is 10.1. The summed E-state index contributed by atoms with van der Waals surface area (Å²) in [7, 11) is 0. The number of carbonyl (C=O) groups is 1. The monoisotopic (exact) mass is 541 g/mol. The van der Waals surface area contributed by atoms with E-state index in [1.807, 2.05) is 12.1 Å². The Morgan fingerprint density at radius 3 is 2.81 bits per heavy atom. The van der Waals surface area contributed by atoms with E-state index in [0.717, 1.165) is 29.9 Å². The van der Waals surface area contributed by atoms with Gasteiger partial charge in [0.2, 0.25) is 0 Å². The third kappa shape index (κ3) is 4.71. The lowest BCUT2D eigenvalue weighted by Gasteiger charge is -2.27.